The molecule has 0 amide bonds. The molecule has 0 saturated carbocycles. The summed E-state index contributed by atoms with van der Waals surface area (Å²) in [6, 6.07) is 8.89. The number of piperidine rings is 1. The Bertz CT molecular complexity index is 999. The highest BCUT2D eigenvalue weighted by Gasteiger charge is 2.41. The molecule has 0 aliphatic carbocycles. The molecule has 2 unspecified atom stereocenters. The van der Waals surface area contributed by atoms with Crippen molar-refractivity contribution in [3.05, 3.63) is 46.5 Å². The fraction of sp³-hybridized carbons (Fsp3) is 0.522. The zero-order valence-corrected chi connectivity index (χ0v) is 18.0. The lowest BCUT2D eigenvalue weighted by Crippen LogP contribution is -2.32. The summed E-state index contributed by atoms with van der Waals surface area (Å²) in [4.78, 5) is 0. The first-order valence-electron chi connectivity index (χ1n) is 10.9. The van der Waals surface area contributed by atoms with Gasteiger partial charge in [0.1, 0.15) is 5.52 Å². The van der Waals surface area contributed by atoms with Crippen molar-refractivity contribution in [2.75, 3.05) is 18.4 Å². The zero-order chi connectivity index (χ0) is 20.0. The highest BCUT2D eigenvalue weighted by molar-refractivity contribution is 7.17. The second kappa shape index (κ2) is 7.42. The fourth-order valence-corrected chi connectivity index (χ4v) is 6.18. The lowest BCUT2D eigenvalue weighted by atomic mass is 9.76. The standard InChI is InChI=1S/C23H30N4OS/c1-3-23(28,4-2)15-5-6-16-18(13-15)25-20(19(16)14-7-10-24-11-8-14)21-22-17(26-27-21)9-12-29-22/h5-6,9,12-14,19-20,24-25,28H,3-4,7-8,10-11H2,1-2H3,(H,26,27). The van der Waals surface area contributed by atoms with E-state index in [2.05, 4.69) is 64.3 Å². The molecule has 2 aromatic heterocycles. The molecule has 154 valence electrons. The minimum atomic E-state index is -0.756. The Morgan fingerprint density at radius 3 is 2.72 bits per heavy atom. The lowest BCUT2D eigenvalue weighted by molar-refractivity contribution is 0.0284. The summed E-state index contributed by atoms with van der Waals surface area (Å²) in [6.45, 7) is 6.29. The summed E-state index contributed by atoms with van der Waals surface area (Å²) in [5.41, 5.74) is 5.09. The number of nitrogens with zero attached hydrogens (tertiary/aromatic N) is 1. The number of hydrogen-bond donors (Lipinski definition) is 4. The van der Waals surface area contributed by atoms with Gasteiger partial charge in [-0.1, -0.05) is 26.0 Å². The van der Waals surface area contributed by atoms with Crippen LogP contribution in [-0.4, -0.2) is 28.4 Å². The van der Waals surface area contributed by atoms with E-state index in [4.69, 9.17) is 0 Å². The summed E-state index contributed by atoms with van der Waals surface area (Å²) < 4.78 is 1.26. The number of nitrogens with one attached hydrogen (secondary N) is 3. The summed E-state index contributed by atoms with van der Waals surface area (Å²) in [5.74, 6) is 1.05. The Balaban J connectivity index is 1.58. The number of aliphatic hydroxyl groups is 1. The van der Waals surface area contributed by atoms with E-state index in [0.717, 1.165) is 37.0 Å². The van der Waals surface area contributed by atoms with Crippen LogP contribution in [0, 0.1) is 5.92 Å². The number of anilines is 1. The van der Waals surface area contributed by atoms with Gasteiger partial charge in [0, 0.05) is 11.6 Å². The molecular weight excluding hydrogens is 380 g/mol. The number of aromatic nitrogens is 2. The molecule has 2 aliphatic rings. The Morgan fingerprint density at radius 1 is 1.17 bits per heavy atom. The molecule has 1 fully saturated rings. The van der Waals surface area contributed by atoms with Crippen LogP contribution in [0.3, 0.4) is 0 Å². The highest BCUT2D eigenvalue weighted by Crippen LogP contribution is 2.52. The number of aromatic amines is 1. The van der Waals surface area contributed by atoms with Crippen LogP contribution in [0.2, 0.25) is 0 Å². The molecule has 5 nitrogen and oxygen atoms in total. The zero-order valence-electron chi connectivity index (χ0n) is 17.2. The smallest absolute Gasteiger partial charge is 0.103 e. The van der Waals surface area contributed by atoms with Crippen molar-refractivity contribution in [2.45, 2.75) is 57.1 Å². The van der Waals surface area contributed by atoms with E-state index in [0.29, 0.717) is 11.8 Å². The molecule has 5 rings (SSSR count). The van der Waals surface area contributed by atoms with Crippen molar-refractivity contribution in [3.8, 4) is 0 Å². The van der Waals surface area contributed by atoms with Gasteiger partial charge in [0.2, 0.25) is 0 Å². The second-order valence-electron chi connectivity index (χ2n) is 8.55. The van der Waals surface area contributed by atoms with E-state index < -0.39 is 5.60 Å². The van der Waals surface area contributed by atoms with E-state index >= 15 is 0 Å². The monoisotopic (exact) mass is 410 g/mol. The summed E-state index contributed by atoms with van der Waals surface area (Å²) >= 11 is 1.76. The number of benzene rings is 1. The normalized spacial score (nSPS) is 22.7. The molecule has 1 saturated heterocycles. The predicted octanol–water partition coefficient (Wildman–Crippen LogP) is 4.88. The number of thiophene rings is 1. The van der Waals surface area contributed by atoms with E-state index in [9.17, 15) is 5.11 Å². The minimum absolute atomic E-state index is 0.198. The van der Waals surface area contributed by atoms with Crippen LogP contribution >= 0.6 is 11.3 Å². The Hall–Kier alpha value is -1.89. The van der Waals surface area contributed by atoms with Crippen LogP contribution in [0.25, 0.3) is 10.2 Å². The van der Waals surface area contributed by atoms with E-state index in [1.165, 1.54) is 34.5 Å². The Labute approximate surface area is 175 Å². The number of H-pyrrole nitrogens is 1. The molecular formula is C23H30N4OS. The van der Waals surface area contributed by atoms with E-state index in [1.807, 2.05) is 0 Å². The van der Waals surface area contributed by atoms with Crippen LogP contribution in [0.15, 0.2) is 29.6 Å². The minimum Gasteiger partial charge on any atom is -0.385 e. The molecule has 4 N–H and O–H groups in total. The molecule has 29 heavy (non-hydrogen) atoms. The van der Waals surface area contributed by atoms with Crippen LogP contribution in [0.1, 0.15) is 68.3 Å². The SMILES string of the molecule is CCC(O)(CC)c1ccc2c(c1)NC(c1[nH]nc3ccsc13)C2C1CCNCC1. The largest absolute Gasteiger partial charge is 0.385 e. The van der Waals surface area contributed by atoms with Crippen LogP contribution in [-0.2, 0) is 5.60 Å². The van der Waals surface area contributed by atoms with Gasteiger partial charge in [-0.25, -0.2) is 0 Å². The van der Waals surface area contributed by atoms with Crippen molar-refractivity contribution in [1.29, 1.82) is 0 Å². The average molecular weight is 411 g/mol. The molecule has 0 bridgehead atoms. The van der Waals surface area contributed by atoms with Gasteiger partial charge < -0.3 is 15.7 Å². The highest BCUT2D eigenvalue weighted by atomic mass is 32.1. The predicted molar refractivity (Wildman–Crippen MR) is 120 cm³/mol. The van der Waals surface area contributed by atoms with Crippen LogP contribution < -0.4 is 10.6 Å². The van der Waals surface area contributed by atoms with Crippen molar-refractivity contribution < 1.29 is 5.11 Å². The maximum absolute atomic E-state index is 11.1. The van der Waals surface area contributed by atoms with Gasteiger partial charge >= 0.3 is 0 Å². The van der Waals surface area contributed by atoms with Gasteiger partial charge in [0.15, 0.2) is 0 Å². The molecule has 0 radical (unpaired) electrons. The third-order valence-electron chi connectivity index (χ3n) is 7.18. The van der Waals surface area contributed by atoms with E-state index in [-0.39, 0.29) is 6.04 Å². The summed E-state index contributed by atoms with van der Waals surface area (Å²) in [6.07, 6.45) is 3.83. The Morgan fingerprint density at radius 2 is 1.97 bits per heavy atom. The van der Waals surface area contributed by atoms with E-state index in [1.54, 1.807) is 11.3 Å². The molecule has 6 heteroatoms. The second-order valence-corrected chi connectivity index (χ2v) is 9.46. The van der Waals surface area contributed by atoms with Gasteiger partial charge in [-0.3, -0.25) is 5.10 Å². The third-order valence-corrected chi connectivity index (χ3v) is 8.12. The first kappa shape index (κ1) is 19.1. The van der Waals surface area contributed by atoms with Crippen molar-refractivity contribution >= 4 is 27.2 Å². The van der Waals surface area contributed by atoms with Crippen molar-refractivity contribution in [1.82, 2.24) is 15.5 Å². The molecule has 3 aromatic rings. The molecule has 0 spiro atoms. The molecule has 2 atom stereocenters. The summed E-state index contributed by atoms with van der Waals surface area (Å²) in [5, 5.41) is 28.4. The quantitative estimate of drug-likeness (QED) is 0.484. The first-order chi connectivity index (χ1) is 14.1. The average Bonchev–Trinajstić information content (AvgIpc) is 3.47. The van der Waals surface area contributed by atoms with Crippen LogP contribution in [0.4, 0.5) is 5.69 Å². The molecule has 2 aliphatic heterocycles. The van der Waals surface area contributed by atoms with Gasteiger partial charge in [-0.2, -0.15) is 5.10 Å². The topological polar surface area (TPSA) is 73.0 Å². The first-order valence-corrected chi connectivity index (χ1v) is 11.8. The number of fused-ring (bicyclic) bond motifs is 2. The van der Waals surface area contributed by atoms with Crippen molar-refractivity contribution in [3.63, 3.8) is 0 Å². The lowest BCUT2D eigenvalue weighted by Gasteiger charge is -2.32. The summed E-state index contributed by atoms with van der Waals surface area (Å²) in [7, 11) is 0. The van der Waals surface area contributed by atoms with Crippen molar-refractivity contribution in [2.24, 2.45) is 5.92 Å². The fourth-order valence-electron chi connectivity index (χ4n) is 5.31. The number of rotatable bonds is 5. The number of hydrogen-bond acceptors (Lipinski definition) is 5. The van der Waals surface area contributed by atoms with Gasteiger partial charge in [-0.15, -0.1) is 11.3 Å². The molecule has 1 aromatic carbocycles. The van der Waals surface area contributed by atoms with Gasteiger partial charge in [0.05, 0.1) is 22.0 Å². The van der Waals surface area contributed by atoms with Gasteiger partial charge in [-0.05, 0) is 73.3 Å². The maximum atomic E-state index is 11.1. The van der Waals surface area contributed by atoms with Crippen LogP contribution in [0.5, 0.6) is 0 Å². The molecule has 4 heterocycles. The Kier molecular flexibility index (Phi) is 4.88. The van der Waals surface area contributed by atoms with Gasteiger partial charge in [0.25, 0.3) is 0 Å². The maximum Gasteiger partial charge on any atom is 0.103 e. The third kappa shape index (κ3) is 3.09.